The average molecular weight is 395 g/mol. The number of halogens is 1. The van der Waals surface area contributed by atoms with Gasteiger partial charge >= 0.3 is 0 Å². The third kappa shape index (κ3) is 4.80. The molecule has 1 heterocycles. The van der Waals surface area contributed by atoms with Gasteiger partial charge in [0, 0.05) is 42.9 Å². The number of rotatable bonds is 8. The maximum Gasteiger partial charge on any atom is 0.227 e. The van der Waals surface area contributed by atoms with Crippen molar-refractivity contribution in [2.75, 3.05) is 31.2 Å². The van der Waals surface area contributed by atoms with Crippen LogP contribution < -0.4 is 10.2 Å². The summed E-state index contributed by atoms with van der Waals surface area (Å²) >= 11 is 3.38. The van der Waals surface area contributed by atoms with Crippen LogP contribution in [-0.2, 0) is 14.3 Å². The monoisotopic (exact) mass is 394 g/mol. The largest absolute Gasteiger partial charge is 0.381 e. The van der Waals surface area contributed by atoms with E-state index in [2.05, 4.69) is 21.2 Å². The summed E-state index contributed by atoms with van der Waals surface area (Å²) in [5.41, 5.74) is 0.840. The average Bonchev–Trinajstić information content (AvgIpc) is 3.32. The van der Waals surface area contributed by atoms with E-state index in [-0.39, 0.29) is 24.2 Å². The highest BCUT2D eigenvalue weighted by Crippen LogP contribution is 2.29. The number of hydrogen-bond donors (Lipinski definition) is 1. The molecule has 1 N–H and O–H groups in total. The molecule has 130 valence electrons. The highest BCUT2D eigenvalue weighted by atomic mass is 79.9. The van der Waals surface area contributed by atoms with Gasteiger partial charge in [0.2, 0.25) is 11.8 Å². The van der Waals surface area contributed by atoms with Crippen molar-refractivity contribution in [2.45, 2.75) is 25.7 Å². The molecule has 1 aromatic rings. The maximum atomic E-state index is 12.2. The molecule has 1 aliphatic heterocycles. The fourth-order valence-electron chi connectivity index (χ4n) is 2.82. The number of carbonyl (C=O) groups is 2. The predicted molar refractivity (Wildman–Crippen MR) is 95.8 cm³/mol. The summed E-state index contributed by atoms with van der Waals surface area (Å²) in [5, 5.41) is 2.92. The second kappa shape index (κ2) is 8.12. The number of hydrogen-bond acceptors (Lipinski definition) is 3. The van der Waals surface area contributed by atoms with Crippen molar-refractivity contribution < 1.29 is 14.3 Å². The molecule has 3 rings (SSSR count). The second-order valence-corrected chi connectivity index (χ2v) is 7.46. The lowest BCUT2D eigenvalue weighted by Gasteiger charge is -2.16. The van der Waals surface area contributed by atoms with E-state index < -0.39 is 0 Å². The summed E-state index contributed by atoms with van der Waals surface area (Å²) in [6.45, 7) is 2.59. The molecule has 0 radical (unpaired) electrons. The lowest BCUT2D eigenvalue weighted by atomic mass is 10.1. The molecule has 0 spiro atoms. The van der Waals surface area contributed by atoms with Gasteiger partial charge in [-0.15, -0.1) is 0 Å². The molecular weight excluding hydrogens is 372 g/mol. The molecule has 6 heteroatoms. The van der Waals surface area contributed by atoms with Gasteiger partial charge in [0.25, 0.3) is 0 Å². The molecule has 2 amide bonds. The quantitative estimate of drug-likeness (QED) is 0.689. The summed E-state index contributed by atoms with van der Waals surface area (Å²) in [5.74, 6) is 0.470. The van der Waals surface area contributed by atoms with Crippen molar-refractivity contribution >= 4 is 33.4 Å². The zero-order chi connectivity index (χ0) is 16.9. The molecule has 1 aromatic carbocycles. The summed E-state index contributed by atoms with van der Waals surface area (Å²) in [7, 11) is 0. The zero-order valence-electron chi connectivity index (χ0n) is 13.7. The van der Waals surface area contributed by atoms with Crippen LogP contribution in [0.4, 0.5) is 5.69 Å². The SMILES string of the molecule is O=C(NCCCOCC1CC1)[C@H]1CC(=O)N(c2ccc(Br)cc2)C1. The van der Waals surface area contributed by atoms with Gasteiger partial charge in [0.1, 0.15) is 0 Å². The van der Waals surface area contributed by atoms with Crippen LogP contribution in [-0.4, -0.2) is 38.1 Å². The minimum absolute atomic E-state index is 0.00485. The Bertz CT molecular complexity index is 586. The first kappa shape index (κ1) is 17.4. The molecule has 5 nitrogen and oxygen atoms in total. The molecule has 0 unspecified atom stereocenters. The lowest BCUT2D eigenvalue weighted by molar-refractivity contribution is -0.126. The second-order valence-electron chi connectivity index (χ2n) is 6.54. The Kier molecular flexibility index (Phi) is 5.89. The van der Waals surface area contributed by atoms with E-state index in [4.69, 9.17) is 4.74 Å². The zero-order valence-corrected chi connectivity index (χ0v) is 15.3. The van der Waals surface area contributed by atoms with Gasteiger partial charge in [-0.1, -0.05) is 15.9 Å². The Labute approximate surface area is 150 Å². The van der Waals surface area contributed by atoms with Crippen molar-refractivity contribution in [1.29, 1.82) is 0 Å². The smallest absolute Gasteiger partial charge is 0.227 e. The number of nitrogens with one attached hydrogen (secondary N) is 1. The van der Waals surface area contributed by atoms with Crippen LogP contribution in [0, 0.1) is 11.8 Å². The van der Waals surface area contributed by atoms with Gasteiger partial charge in [-0.3, -0.25) is 9.59 Å². The van der Waals surface area contributed by atoms with E-state index in [1.165, 1.54) is 12.8 Å². The molecule has 24 heavy (non-hydrogen) atoms. The highest BCUT2D eigenvalue weighted by molar-refractivity contribution is 9.10. The number of carbonyl (C=O) groups excluding carboxylic acids is 2. The summed E-state index contributed by atoms with van der Waals surface area (Å²) < 4.78 is 6.52. The van der Waals surface area contributed by atoms with Crippen LogP contribution in [0.3, 0.4) is 0 Å². The van der Waals surface area contributed by atoms with Crippen LogP contribution in [0.5, 0.6) is 0 Å². The first-order valence-electron chi connectivity index (χ1n) is 8.55. The van der Waals surface area contributed by atoms with Crippen molar-refractivity contribution in [3.63, 3.8) is 0 Å². The number of nitrogens with zero attached hydrogens (tertiary/aromatic N) is 1. The molecule has 2 fully saturated rings. The maximum absolute atomic E-state index is 12.2. The van der Waals surface area contributed by atoms with Crippen LogP contribution in [0.1, 0.15) is 25.7 Å². The molecule has 1 saturated carbocycles. The standard InChI is InChI=1S/C18H23BrN2O3/c19-15-4-6-16(7-5-15)21-11-14(10-17(21)22)18(23)20-8-1-9-24-12-13-2-3-13/h4-7,13-14H,1-3,8-12H2,(H,20,23)/t14-/m0/s1. The van der Waals surface area contributed by atoms with Gasteiger partial charge in [-0.25, -0.2) is 0 Å². The summed E-state index contributed by atoms with van der Waals surface area (Å²) in [6.07, 6.45) is 3.68. The summed E-state index contributed by atoms with van der Waals surface area (Å²) in [4.78, 5) is 26.1. The Morgan fingerprint density at radius 1 is 1.29 bits per heavy atom. The highest BCUT2D eigenvalue weighted by Gasteiger charge is 2.34. The van der Waals surface area contributed by atoms with E-state index in [0.717, 1.165) is 29.1 Å². The van der Waals surface area contributed by atoms with E-state index >= 15 is 0 Å². The number of amides is 2. The number of ether oxygens (including phenoxy) is 1. The molecule has 1 saturated heterocycles. The number of anilines is 1. The van der Waals surface area contributed by atoms with Crippen molar-refractivity contribution in [3.05, 3.63) is 28.7 Å². The molecule has 1 aliphatic carbocycles. The van der Waals surface area contributed by atoms with Crippen LogP contribution in [0.25, 0.3) is 0 Å². The van der Waals surface area contributed by atoms with Crippen molar-refractivity contribution in [2.24, 2.45) is 11.8 Å². The minimum Gasteiger partial charge on any atom is -0.381 e. The van der Waals surface area contributed by atoms with Crippen LogP contribution in [0.2, 0.25) is 0 Å². The normalized spacial score (nSPS) is 20.5. The van der Waals surface area contributed by atoms with E-state index in [0.29, 0.717) is 19.7 Å². The van der Waals surface area contributed by atoms with E-state index in [1.54, 1.807) is 4.90 Å². The molecular formula is C18H23BrN2O3. The van der Waals surface area contributed by atoms with Crippen LogP contribution >= 0.6 is 15.9 Å². The first-order chi connectivity index (χ1) is 11.6. The van der Waals surface area contributed by atoms with E-state index in [1.807, 2.05) is 24.3 Å². The minimum atomic E-state index is -0.270. The predicted octanol–water partition coefficient (Wildman–Crippen LogP) is 2.73. The van der Waals surface area contributed by atoms with Crippen molar-refractivity contribution in [3.8, 4) is 0 Å². The van der Waals surface area contributed by atoms with Gasteiger partial charge in [-0.05, 0) is 49.4 Å². The van der Waals surface area contributed by atoms with Gasteiger partial charge < -0.3 is 15.0 Å². The molecule has 1 atom stereocenters. The van der Waals surface area contributed by atoms with Gasteiger partial charge in [-0.2, -0.15) is 0 Å². The Morgan fingerprint density at radius 2 is 2.04 bits per heavy atom. The fourth-order valence-corrected chi connectivity index (χ4v) is 3.08. The lowest BCUT2D eigenvalue weighted by Crippen LogP contribution is -2.33. The van der Waals surface area contributed by atoms with Gasteiger partial charge in [0.15, 0.2) is 0 Å². The topological polar surface area (TPSA) is 58.6 Å². The van der Waals surface area contributed by atoms with Crippen molar-refractivity contribution in [1.82, 2.24) is 5.32 Å². The third-order valence-electron chi connectivity index (χ3n) is 4.45. The Morgan fingerprint density at radius 3 is 2.75 bits per heavy atom. The summed E-state index contributed by atoms with van der Waals surface area (Å²) in [6, 6.07) is 7.58. The Hall–Kier alpha value is -1.40. The molecule has 2 aliphatic rings. The van der Waals surface area contributed by atoms with Gasteiger partial charge in [0.05, 0.1) is 5.92 Å². The molecule has 0 bridgehead atoms. The Balaban J connectivity index is 1.39. The fraction of sp³-hybridized carbons (Fsp3) is 0.556. The first-order valence-corrected chi connectivity index (χ1v) is 9.34. The number of benzene rings is 1. The van der Waals surface area contributed by atoms with E-state index in [9.17, 15) is 9.59 Å². The van der Waals surface area contributed by atoms with Crippen LogP contribution in [0.15, 0.2) is 28.7 Å². The molecule has 0 aromatic heterocycles. The third-order valence-corrected chi connectivity index (χ3v) is 4.98.